The van der Waals surface area contributed by atoms with E-state index >= 15 is 0 Å². The van der Waals surface area contributed by atoms with Crippen LogP contribution in [0.2, 0.25) is 0 Å². The third kappa shape index (κ3) is 6.05. The van der Waals surface area contributed by atoms with Crippen LogP contribution in [0.15, 0.2) is 35.3 Å². The molecule has 1 amide bonds. The Labute approximate surface area is 184 Å². The van der Waals surface area contributed by atoms with Crippen molar-refractivity contribution < 1.29 is 14.3 Å². The van der Waals surface area contributed by atoms with Gasteiger partial charge in [-0.05, 0) is 18.9 Å². The van der Waals surface area contributed by atoms with Gasteiger partial charge in [-0.15, -0.1) is 24.0 Å². The molecule has 28 heavy (non-hydrogen) atoms. The number of rotatable bonds is 5. The highest BCUT2D eigenvalue weighted by Crippen LogP contribution is 2.37. The van der Waals surface area contributed by atoms with E-state index in [0.29, 0.717) is 19.2 Å². The molecular formula is C20H31IN4O3. The summed E-state index contributed by atoms with van der Waals surface area (Å²) in [7, 11) is 3.47. The van der Waals surface area contributed by atoms with Crippen molar-refractivity contribution in [2.45, 2.75) is 44.1 Å². The van der Waals surface area contributed by atoms with Crippen LogP contribution < -0.4 is 10.6 Å². The van der Waals surface area contributed by atoms with Gasteiger partial charge in [0.2, 0.25) is 5.91 Å². The number of nitrogens with one attached hydrogen (secondary N) is 2. The predicted molar refractivity (Wildman–Crippen MR) is 120 cm³/mol. The molecule has 1 aliphatic carbocycles. The van der Waals surface area contributed by atoms with Gasteiger partial charge in [0, 0.05) is 33.0 Å². The van der Waals surface area contributed by atoms with Crippen LogP contribution in [0.4, 0.5) is 0 Å². The van der Waals surface area contributed by atoms with Gasteiger partial charge in [0.05, 0.1) is 19.3 Å². The second kappa shape index (κ2) is 10.4. The lowest BCUT2D eigenvalue weighted by molar-refractivity contribution is -0.151. The number of guanidine groups is 1. The number of nitrogens with zero attached hydrogens (tertiary/aromatic N) is 2. The summed E-state index contributed by atoms with van der Waals surface area (Å²) < 4.78 is 11.6. The molecule has 2 unspecified atom stereocenters. The van der Waals surface area contributed by atoms with Gasteiger partial charge in [0.25, 0.3) is 0 Å². The van der Waals surface area contributed by atoms with Gasteiger partial charge in [-0.25, -0.2) is 4.99 Å². The number of ether oxygens (including phenoxy) is 2. The largest absolute Gasteiger partial charge is 0.353 e. The standard InChI is InChI=1S/C20H30N4O3.HI/c1-15(16-7-5-4-6-8-16)22-19(21-14-18(25)24(2)3)23-17-9-10-20(13-17)26-11-12-27-20;/h4-8,15,17H,9-14H2,1-3H3,(H2,21,22,23);1H. The van der Waals surface area contributed by atoms with Crippen molar-refractivity contribution in [2.75, 3.05) is 33.9 Å². The first-order valence-electron chi connectivity index (χ1n) is 9.58. The Morgan fingerprint density at radius 2 is 1.96 bits per heavy atom. The number of carbonyl (C=O) groups excluding carboxylic acids is 1. The van der Waals surface area contributed by atoms with Crippen LogP contribution in [0, 0.1) is 0 Å². The highest BCUT2D eigenvalue weighted by atomic mass is 127. The smallest absolute Gasteiger partial charge is 0.243 e. The van der Waals surface area contributed by atoms with Crippen molar-refractivity contribution in [1.29, 1.82) is 0 Å². The fourth-order valence-electron chi connectivity index (χ4n) is 3.50. The van der Waals surface area contributed by atoms with Crippen molar-refractivity contribution in [3.8, 4) is 0 Å². The quantitative estimate of drug-likeness (QED) is 0.367. The van der Waals surface area contributed by atoms with E-state index in [9.17, 15) is 4.79 Å². The molecule has 1 aromatic rings. The normalized spacial score (nSPS) is 21.8. The number of hydrogen-bond acceptors (Lipinski definition) is 4. The van der Waals surface area contributed by atoms with E-state index in [4.69, 9.17) is 9.47 Å². The molecule has 2 fully saturated rings. The number of likely N-dealkylation sites (N-methyl/N-ethyl adjacent to an activating group) is 1. The molecule has 1 saturated heterocycles. The molecule has 2 N–H and O–H groups in total. The zero-order valence-corrected chi connectivity index (χ0v) is 19.1. The van der Waals surface area contributed by atoms with Crippen molar-refractivity contribution in [1.82, 2.24) is 15.5 Å². The van der Waals surface area contributed by atoms with Crippen molar-refractivity contribution in [3.63, 3.8) is 0 Å². The van der Waals surface area contributed by atoms with E-state index in [1.54, 1.807) is 19.0 Å². The lowest BCUT2D eigenvalue weighted by Gasteiger charge is -2.24. The van der Waals surface area contributed by atoms with Crippen molar-refractivity contribution in [2.24, 2.45) is 4.99 Å². The van der Waals surface area contributed by atoms with E-state index in [0.717, 1.165) is 24.8 Å². The molecule has 1 saturated carbocycles. The molecule has 2 aliphatic rings. The van der Waals surface area contributed by atoms with Gasteiger partial charge in [0.1, 0.15) is 6.54 Å². The van der Waals surface area contributed by atoms with Crippen molar-refractivity contribution in [3.05, 3.63) is 35.9 Å². The monoisotopic (exact) mass is 502 g/mol. The molecule has 0 aromatic heterocycles. The molecular weight excluding hydrogens is 471 g/mol. The Balaban J connectivity index is 0.00000280. The average molecular weight is 502 g/mol. The topological polar surface area (TPSA) is 75.2 Å². The van der Waals surface area contributed by atoms with Crippen molar-refractivity contribution >= 4 is 35.8 Å². The highest BCUT2D eigenvalue weighted by Gasteiger charge is 2.44. The lowest BCUT2D eigenvalue weighted by Crippen LogP contribution is -2.45. The Kier molecular flexibility index (Phi) is 8.51. The minimum absolute atomic E-state index is 0. The zero-order chi connectivity index (χ0) is 19.3. The molecule has 1 aromatic carbocycles. The summed E-state index contributed by atoms with van der Waals surface area (Å²) in [6, 6.07) is 10.5. The Hall–Kier alpha value is -1.39. The summed E-state index contributed by atoms with van der Waals surface area (Å²) >= 11 is 0. The van der Waals surface area contributed by atoms with Gasteiger partial charge < -0.3 is 25.0 Å². The number of amides is 1. The minimum Gasteiger partial charge on any atom is -0.353 e. The Morgan fingerprint density at radius 1 is 1.29 bits per heavy atom. The number of hydrogen-bond donors (Lipinski definition) is 2. The molecule has 2 atom stereocenters. The molecule has 7 nitrogen and oxygen atoms in total. The number of halogens is 1. The van der Waals surface area contributed by atoms with Gasteiger partial charge in [-0.3, -0.25) is 4.79 Å². The Bertz CT molecular complexity index is 663. The molecule has 1 heterocycles. The van der Waals surface area contributed by atoms with Crippen LogP contribution in [0.25, 0.3) is 0 Å². The first-order valence-corrected chi connectivity index (χ1v) is 9.58. The maximum absolute atomic E-state index is 12.0. The third-order valence-electron chi connectivity index (χ3n) is 5.11. The predicted octanol–water partition coefficient (Wildman–Crippen LogP) is 2.28. The summed E-state index contributed by atoms with van der Waals surface area (Å²) in [5.41, 5.74) is 1.16. The van der Waals surface area contributed by atoms with Gasteiger partial charge in [-0.2, -0.15) is 0 Å². The highest BCUT2D eigenvalue weighted by molar-refractivity contribution is 14.0. The lowest BCUT2D eigenvalue weighted by atomic mass is 10.1. The van der Waals surface area contributed by atoms with Crippen LogP contribution in [0.5, 0.6) is 0 Å². The summed E-state index contributed by atoms with van der Waals surface area (Å²) in [4.78, 5) is 18.0. The van der Waals surface area contributed by atoms with Gasteiger partial charge in [0.15, 0.2) is 11.7 Å². The summed E-state index contributed by atoms with van der Waals surface area (Å²) in [5, 5.41) is 6.89. The van der Waals surface area contributed by atoms with Crippen LogP contribution in [-0.4, -0.2) is 62.4 Å². The van der Waals surface area contributed by atoms with Crippen LogP contribution in [-0.2, 0) is 14.3 Å². The third-order valence-corrected chi connectivity index (χ3v) is 5.11. The summed E-state index contributed by atoms with van der Waals surface area (Å²) in [6.07, 6.45) is 2.61. The SMILES string of the molecule is CC(NC(=NCC(=O)N(C)C)NC1CCC2(C1)OCCO2)c1ccccc1.I. The van der Waals surface area contributed by atoms with E-state index in [2.05, 4.69) is 34.7 Å². The minimum atomic E-state index is -0.437. The van der Waals surface area contributed by atoms with E-state index in [1.165, 1.54) is 0 Å². The maximum Gasteiger partial charge on any atom is 0.243 e. The Morgan fingerprint density at radius 3 is 2.61 bits per heavy atom. The van der Waals surface area contributed by atoms with E-state index in [1.807, 2.05) is 18.2 Å². The number of aliphatic imine (C=N–C) groups is 1. The molecule has 3 rings (SSSR count). The first-order chi connectivity index (χ1) is 13.0. The van der Waals surface area contributed by atoms with Gasteiger partial charge in [-0.1, -0.05) is 30.3 Å². The molecule has 8 heteroatoms. The summed E-state index contributed by atoms with van der Waals surface area (Å²) in [5.74, 6) is 0.170. The number of carbonyl (C=O) groups is 1. The first kappa shape index (κ1) is 22.9. The number of benzene rings is 1. The van der Waals surface area contributed by atoms with E-state index in [-0.39, 0.29) is 48.5 Å². The maximum atomic E-state index is 12.0. The fourth-order valence-corrected chi connectivity index (χ4v) is 3.50. The van der Waals surface area contributed by atoms with Gasteiger partial charge >= 0.3 is 0 Å². The molecule has 156 valence electrons. The fraction of sp³-hybridized carbons (Fsp3) is 0.600. The second-order valence-corrected chi connectivity index (χ2v) is 7.42. The molecule has 1 spiro atoms. The van der Waals surface area contributed by atoms with Crippen LogP contribution >= 0.6 is 24.0 Å². The molecule has 1 aliphatic heterocycles. The molecule has 0 radical (unpaired) electrons. The average Bonchev–Trinajstić information content (AvgIpc) is 3.29. The van der Waals surface area contributed by atoms with Crippen LogP contribution in [0.1, 0.15) is 37.8 Å². The van der Waals surface area contributed by atoms with E-state index < -0.39 is 5.79 Å². The second-order valence-electron chi connectivity index (χ2n) is 7.42. The summed E-state index contributed by atoms with van der Waals surface area (Å²) in [6.45, 7) is 3.51. The van der Waals surface area contributed by atoms with Crippen LogP contribution in [0.3, 0.4) is 0 Å². The zero-order valence-electron chi connectivity index (χ0n) is 16.8. The molecule has 0 bridgehead atoms.